The number of nitrogens with one attached hydrogen (secondary N) is 1. The van der Waals surface area contributed by atoms with Crippen LogP contribution in [0.3, 0.4) is 0 Å². The number of halogens is 2. The minimum Gasteiger partial charge on any atom is -0.310 e. The quantitative estimate of drug-likeness (QED) is 0.905. The Morgan fingerprint density at radius 3 is 2.65 bits per heavy atom. The number of nitrogens with zero attached hydrogens (tertiary/aromatic N) is 3. The highest BCUT2D eigenvalue weighted by Gasteiger charge is 2.12. The molecule has 6 heteroatoms. The summed E-state index contributed by atoms with van der Waals surface area (Å²) < 4.78 is 2.84. The van der Waals surface area contributed by atoms with E-state index in [0.717, 1.165) is 27.2 Å². The normalized spacial score (nSPS) is 11.3. The van der Waals surface area contributed by atoms with Crippen LogP contribution in [-0.4, -0.2) is 20.8 Å². The molecule has 0 aromatic carbocycles. The Kier molecular flexibility index (Phi) is 4.83. The van der Waals surface area contributed by atoms with Crippen molar-refractivity contribution in [3.05, 3.63) is 38.7 Å². The molecule has 0 aliphatic heterocycles. The van der Waals surface area contributed by atoms with Crippen molar-refractivity contribution in [1.82, 2.24) is 20.1 Å². The molecule has 4 nitrogen and oxygen atoms in total. The van der Waals surface area contributed by atoms with Crippen LogP contribution in [0.1, 0.15) is 30.8 Å². The number of hydrogen-bond donors (Lipinski definition) is 1. The predicted octanol–water partition coefficient (Wildman–Crippen LogP) is 3.80. The van der Waals surface area contributed by atoms with Crippen molar-refractivity contribution in [2.45, 2.75) is 40.3 Å². The summed E-state index contributed by atoms with van der Waals surface area (Å²) in [6.45, 7) is 8.89. The third kappa shape index (κ3) is 3.22. The molecule has 2 aromatic rings. The molecule has 0 bridgehead atoms. The molecule has 0 unspecified atom stereocenters. The van der Waals surface area contributed by atoms with Crippen LogP contribution in [0.5, 0.6) is 0 Å². The number of aryl methyl sites for hydroxylation is 1. The van der Waals surface area contributed by atoms with Crippen molar-refractivity contribution in [3.8, 4) is 5.82 Å². The highest BCUT2D eigenvalue weighted by atomic mass is 79.9. The van der Waals surface area contributed by atoms with E-state index in [1.54, 1.807) is 6.20 Å². The molecule has 0 fully saturated rings. The highest BCUT2D eigenvalue weighted by molar-refractivity contribution is 9.10. The van der Waals surface area contributed by atoms with Gasteiger partial charge in [0.1, 0.15) is 0 Å². The summed E-state index contributed by atoms with van der Waals surface area (Å²) in [5.74, 6) is 0.779. The molecule has 2 heterocycles. The Morgan fingerprint density at radius 2 is 2.10 bits per heavy atom. The van der Waals surface area contributed by atoms with Gasteiger partial charge in [0.2, 0.25) is 0 Å². The zero-order valence-corrected chi connectivity index (χ0v) is 14.4. The van der Waals surface area contributed by atoms with Gasteiger partial charge in [0.05, 0.1) is 20.9 Å². The van der Waals surface area contributed by atoms with E-state index in [1.807, 2.05) is 24.6 Å². The van der Waals surface area contributed by atoms with E-state index < -0.39 is 0 Å². The van der Waals surface area contributed by atoms with E-state index >= 15 is 0 Å². The lowest BCUT2D eigenvalue weighted by Gasteiger charge is -2.11. The van der Waals surface area contributed by atoms with Crippen molar-refractivity contribution >= 4 is 27.5 Å². The molecule has 2 aromatic heterocycles. The van der Waals surface area contributed by atoms with Crippen LogP contribution in [-0.2, 0) is 6.54 Å². The minimum atomic E-state index is 0.408. The predicted molar refractivity (Wildman–Crippen MR) is 85.5 cm³/mol. The van der Waals surface area contributed by atoms with E-state index in [0.29, 0.717) is 17.6 Å². The molecular formula is C14H18BrClN4. The van der Waals surface area contributed by atoms with Crippen LogP contribution in [0.2, 0.25) is 5.02 Å². The first-order valence-electron chi connectivity index (χ1n) is 6.50. The van der Waals surface area contributed by atoms with Gasteiger partial charge < -0.3 is 5.32 Å². The summed E-state index contributed by atoms with van der Waals surface area (Å²) in [5, 5.41) is 8.52. The number of aromatic nitrogens is 3. The van der Waals surface area contributed by atoms with E-state index in [2.05, 4.69) is 45.2 Å². The summed E-state index contributed by atoms with van der Waals surface area (Å²) in [6.07, 6.45) is 1.68. The summed E-state index contributed by atoms with van der Waals surface area (Å²) in [7, 11) is 0. The SMILES string of the molecule is Cc1nn(-c2cc(CNC(C)C)c(Cl)cn2)c(C)c1Br. The van der Waals surface area contributed by atoms with E-state index in [9.17, 15) is 0 Å². The lowest BCUT2D eigenvalue weighted by Crippen LogP contribution is -2.22. The maximum Gasteiger partial charge on any atom is 0.154 e. The largest absolute Gasteiger partial charge is 0.310 e. The van der Waals surface area contributed by atoms with Gasteiger partial charge in [-0.15, -0.1) is 0 Å². The third-order valence-electron chi connectivity index (χ3n) is 3.04. The topological polar surface area (TPSA) is 42.7 Å². The monoisotopic (exact) mass is 356 g/mol. The zero-order chi connectivity index (χ0) is 14.9. The van der Waals surface area contributed by atoms with Crippen molar-refractivity contribution in [2.24, 2.45) is 0 Å². The number of rotatable bonds is 4. The Morgan fingerprint density at radius 1 is 1.40 bits per heavy atom. The van der Waals surface area contributed by atoms with Crippen LogP contribution >= 0.6 is 27.5 Å². The van der Waals surface area contributed by atoms with Crippen molar-refractivity contribution in [3.63, 3.8) is 0 Å². The van der Waals surface area contributed by atoms with E-state index in [4.69, 9.17) is 11.6 Å². The van der Waals surface area contributed by atoms with E-state index in [1.165, 1.54) is 0 Å². The van der Waals surface area contributed by atoms with Crippen LogP contribution in [0.4, 0.5) is 0 Å². The third-order valence-corrected chi connectivity index (χ3v) is 4.53. The van der Waals surface area contributed by atoms with Crippen molar-refractivity contribution in [2.75, 3.05) is 0 Å². The molecule has 1 N–H and O–H groups in total. The molecule has 20 heavy (non-hydrogen) atoms. The van der Waals surface area contributed by atoms with Gasteiger partial charge >= 0.3 is 0 Å². The lowest BCUT2D eigenvalue weighted by atomic mass is 10.2. The standard InChI is InChI=1S/C14H18BrClN4/c1-8(2)17-6-11-5-13(18-7-12(11)16)20-10(4)14(15)9(3)19-20/h5,7-8,17H,6H2,1-4H3. The van der Waals surface area contributed by atoms with Gasteiger partial charge in [0, 0.05) is 18.8 Å². The molecular weight excluding hydrogens is 340 g/mol. The molecule has 0 spiro atoms. The first-order chi connectivity index (χ1) is 9.40. The average Bonchev–Trinajstić information content (AvgIpc) is 2.65. The van der Waals surface area contributed by atoms with Gasteiger partial charge in [0.15, 0.2) is 5.82 Å². The van der Waals surface area contributed by atoms with Crippen LogP contribution in [0.15, 0.2) is 16.7 Å². The molecule has 0 aliphatic rings. The Balaban J connectivity index is 2.38. The Labute approximate surface area is 132 Å². The molecule has 0 aliphatic carbocycles. The van der Waals surface area contributed by atoms with Gasteiger partial charge in [-0.3, -0.25) is 0 Å². The molecule has 108 valence electrons. The molecule has 0 radical (unpaired) electrons. The maximum absolute atomic E-state index is 6.20. The van der Waals surface area contributed by atoms with Gasteiger partial charge in [-0.25, -0.2) is 9.67 Å². The van der Waals surface area contributed by atoms with Crippen molar-refractivity contribution in [1.29, 1.82) is 0 Å². The van der Waals surface area contributed by atoms with Crippen molar-refractivity contribution < 1.29 is 0 Å². The van der Waals surface area contributed by atoms with E-state index in [-0.39, 0.29) is 0 Å². The Hall–Kier alpha value is -0.910. The Bertz CT molecular complexity index is 622. The average molecular weight is 358 g/mol. The number of hydrogen-bond acceptors (Lipinski definition) is 3. The fourth-order valence-corrected chi connectivity index (χ4v) is 2.30. The molecule has 2 rings (SSSR count). The molecule has 0 saturated heterocycles. The van der Waals surface area contributed by atoms with Gasteiger partial charge in [-0.1, -0.05) is 25.4 Å². The summed E-state index contributed by atoms with van der Waals surface area (Å²) in [5.41, 5.74) is 3.00. The van der Waals surface area contributed by atoms with Crippen LogP contribution in [0, 0.1) is 13.8 Å². The fraction of sp³-hybridized carbons (Fsp3) is 0.429. The minimum absolute atomic E-state index is 0.408. The number of pyridine rings is 1. The molecule has 0 amide bonds. The van der Waals surface area contributed by atoms with Gasteiger partial charge in [-0.05, 0) is 41.4 Å². The zero-order valence-electron chi connectivity index (χ0n) is 12.0. The van der Waals surface area contributed by atoms with Gasteiger partial charge in [0.25, 0.3) is 0 Å². The smallest absolute Gasteiger partial charge is 0.154 e. The summed E-state index contributed by atoms with van der Waals surface area (Å²) in [6, 6.07) is 2.38. The lowest BCUT2D eigenvalue weighted by molar-refractivity contribution is 0.588. The second-order valence-electron chi connectivity index (χ2n) is 5.07. The second kappa shape index (κ2) is 6.24. The second-order valence-corrected chi connectivity index (χ2v) is 6.27. The van der Waals surface area contributed by atoms with Gasteiger partial charge in [-0.2, -0.15) is 5.10 Å². The van der Waals surface area contributed by atoms with Crippen LogP contribution in [0.25, 0.3) is 5.82 Å². The maximum atomic E-state index is 6.20. The highest BCUT2D eigenvalue weighted by Crippen LogP contribution is 2.24. The summed E-state index contributed by atoms with van der Waals surface area (Å²) >= 11 is 9.73. The first kappa shape index (κ1) is 15.5. The molecule has 0 atom stereocenters. The summed E-state index contributed by atoms with van der Waals surface area (Å²) in [4.78, 5) is 4.37. The molecule has 0 saturated carbocycles. The fourth-order valence-electron chi connectivity index (χ4n) is 1.88. The first-order valence-corrected chi connectivity index (χ1v) is 7.67. The van der Waals surface area contributed by atoms with Crippen LogP contribution < -0.4 is 5.32 Å².